The number of nitrogens with one attached hydrogen (secondary N) is 1. The van der Waals surface area contributed by atoms with E-state index in [-0.39, 0.29) is 12.0 Å². The van der Waals surface area contributed by atoms with Crippen molar-refractivity contribution < 1.29 is 27.8 Å². The molecule has 2 fully saturated rings. The number of benzene rings is 1. The Kier molecular flexibility index (Phi) is 7.88. The van der Waals surface area contributed by atoms with Gasteiger partial charge in [0.25, 0.3) is 6.43 Å². The molecule has 14 heteroatoms. The number of rotatable bonds is 6. The van der Waals surface area contributed by atoms with Gasteiger partial charge in [0, 0.05) is 32.2 Å². The minimum Gasteiger partial charge on any atom is -0.494 e. The van der Waals surface area contributed by atoms with Crippen LogP contribution in [0, 0.1) is 0 Å². The van der Waals surface area contributed by atoms with Crippen molar-refractivity contribution in [3.05, 3.63) is 24.0 Å². The van der Waals surface area contributed by atoms with Crippen LogP contribution in [0.2, 0.25) is 0 Å². The van der Waals surface area contributed by atoms with Gasteiger partial charge in [-0.15, -0.1) is 0 Å². The van der Waals surface area contributed by atoms with Crippen LogP contribution in [0.4, 0.5) is 25.5 Å². The molecule has 2 aliphatic heterocycles. The van der Waals surface area contributed by atoms with Crippen molar-refractivity contribution in [2.24, 2.45) is 0 Å². The van der Waals surface area contributed by atoms with Crippen LogP contribution in [0.3, 0.4) is 0 Å². The molecule has 1 aromatic carbocycles. The van der Waals surface area contributed by atoms with Crippen LogP contribution >= 0.6 is 0 Å². The van der Waals surface area contributed by atoms with Crippen molar-refractivity contribution >= 4 is 29.0 Å². The van der Waals surface area contributed by atoms with E-state index in [4.69, 9.17) is 19.2 Å². The highest BCUT2D eigenvalue weighted by Gasteiger charge is 2.29. The number of imidazole rings is 1. The number of hydrogen-bond donors (Lipinski definition) is 1. The first-order chi connectivity index (χ1) is 19.1. The van der Waals surface area contributed by atoms with E-state index in [1.165, 1.54) is 11.7 Å². The number of alkyl halides is 2. The van der Waals surface area contributed by atoms with Gasteiger partial charge < -0.3 is 29.3 Å². The summed E-state index contributed by atoms with van der Waals surface area (Å²) in [7, 11) is 1.47. The number of halogens is 2. The molecule has 0 spiro atoms. The number of ether oxygens (including phenoxy) is 3. The fraction of sp³-hybridized carbons (Fsp3) is 0.577. The van der Waals surface area contributed by atoms with Crippen LogP contribution in [0.15, 0.2) is 18.2 Å². The van der Waals surface area contributed by atoms with Gasteiger partial charge in [0.1, 0.15) is 16.9 Å². The van der Waals surface area contributed by atoms with Crippen molar-refractivity contribution in [1.29, 1.82) is 0 Å². The molecule has 0 radical (unpaired) electrons. The number of piperidine rings is 1. The molecule has 3 aromatic rings. The Hall–Kier alpha value is -3.81. The zero-order valence-electron chi connectivity index (χ0n) is 23.1. The monoisotopic (exact) mass is 560 g/mol. The summed E-state index contributed by atoms with van der Waals surface area (Å²) in [5, 5.41) is 2.92. The molecular weight excluding hydrogens is 526 g/mol. The summed E-state index contributed by atoms with van der Waals surface area (Å²) < 4.78 is 46.0. The van der Waals surface area contributed by atoms with Gasteiger partial charge in [-0.05, 0) is 45.7 Å². The van der Waals surface area contributed by atoms with Crippen LogP contribution in [0.25, 0.3) is 17.0 Å². The SMILES string of the molecule is COc1cccc2c1nc(C(F)F)n2-c1nc(N2CCOCC2)nc(N2CCC(NC(=O)OC(C)(C)C)CC2)n1. The molecule has 0 saturated carbocycles. The second kappa shape index (κ2) is 11.4. The lowest BCUT2D eigenvalue weighted by Gasteiger charge is -2.33. The predicted octanol–water partition coefficient (Wildman–Crippen LogP) is 3.49. The van der Waals surface area contributed by atoms with Crippen LogP contribution in [0.5, 0.6) is 5.75 Å². The topological polar surface area (TPSA) is 120 Å². The average molecular weight is 561 g/mol. The third-order valence-electron chi connectivity index (χ3n) is 6.68. The number of amides is 1. The summed E-state index contributed by atoms with van der Waals surface area (Å²) in [5.74, 6) is 0.686. The normalized spacial score (nSPS) is 17.0. The molecule has 4 heterocycles. The number of morpholine rings is 1. The Balaban J connectivity index is 1.48. The Morgan fingerprint density at radius 1 is 1.00 bits per heavy atom. The Labute approximate surface area is 230 Å². The standard InChI is InChI=1S/C26H34F2N8O4/c1-26(2,3)40-25(37)29-16-8-10-34(11-9-16)22-31-23(35-12-14-39-15-13-35)33-24(32-22)36-17-6-5-7-18(38-4)19(17)30-21(36)20(27)28/h5-7,16,20H,8-15H2,1-4H3,(H,29,37). The Morgan fingerprint density at radius 2 is 1.62 bits per heavy atom. The minimum absolute atomic E-state index is 0.0477. The highest BCUT2D eigenvalue weighted by Crippen LogP contribution is 2.32. The van der Waals surface area contributed by atoms with Gasteiger partial charge >= 0.3 is 6.09 Å². The first-order valence-corrected chi connectivity index (χ1v) is 13.3. The summed E-state index contributed by atoms with van der Waals surface area (Å²) in [5.41, 5.74) is 0.116. The second-order valence-corrected chi connectivity index (χ2v) is 10.7. The van der Waals surface area contributed by atoms with Crippen LogP contribution in [-0.4, -0.2) is 88.7 Å². The number of anilines is 2. The molecule has 12 nitrogen and oxygen atoms in total. The number of methoxy groups -OCH3 is 1. The predicted molar refractivity (Wildman–Crippen MR) is 144 cm³/mol. The zero-order valence-corrected chi connectivity index (χ0v) is 23.1. The summed E-state index contributed by atoms with van der Waals surface area (Å²) in [6.07, 6.45) is -2.05. The Morgan fingerprint density at radius 3 is 2.23 bits per heavy atom. The van der Waals surface area contributed by atoms with E-state index in [0.29, 0.717) is 80.9 Å². The molecule has 2 aliphatic rings. The number of hydrogen-bond acceptors (Lipinski definition) is 10. The summed E-state index contributed by atoms with van der Waals surface area (Å²) in [4.78, 5) is 34.4. The molecule has 216 valence electrons. The minimum atomic E-state index is -2.88. The van der Waals surface area contributed by atoms with E-state index in [2.05, 4.69) is 20.3 Å². The summed E-state index contributed by atoms with van der Waals surface area (Å²) >= 11 is 0. The van der Waals surface area contributed by atoms with Gasteiger partial charge in [-0.25, -0.2) is 18.6 Å². The number of para-hydroxylation sites is 1. The van der Waals surface area contributed by atoms with Crippen molar-refractivity contribution in [1.82, 2.24) is 29.8 Å². The Bertz CT molecular complexity index is 1350. The number of nitrogens with zero attached hydrogens (tertiary/aromatic N) is 7. The lowest BCUT2D eigenvalue weighted by molar-refractivity contribution is 0.0497. The van der Waals surface area contributed by atoms with E-state index in [0.717, 1.165) is 0 Å². The number of alkyl carbamates (subject to hydrolysis) is 1. The van der Waals surface area contributed by atoms with E-state index in [1.54, 1.807) is 18.2 Å². The summed E-state index contributed by atoms with van der Waals surface area (Å²) in [6.45, 7) is 8.68. The van der Waals surface area contributed by atoms with Crippen molar-refractivity contribution in [2.75, 3.05) is 56.3 Å². The third kappa shape index (κ3) is 6.01. The lowest BCUT2D eigenvalue weighted by Crippen LogP contribution is -2.46. The molecule has 0 aliphatic carbocycles. The van der Waals surface area contributed by atoms with E-state index in [1.807, 2.05) is 30.6 Å². The first kappa shape index (κ1) is 27.7. The molecule has 1 N–H and O–H groups in total. The quantitative estimate of drug-likeness (QED) is 0.480. The molecule has 1 amide bonds. The van der Waals surface area contributed by atoms with Gasteiger partial charge in [-0.3, -0.25) is 4.57 Å². The fourth-order valence-corrected chi connectivity index (χ4v) is 4.80. The number of aromatic nitrogens is 5. The van der Waals surface area contributed by atoms with Gasteiger partial charge in [-0.2, -0.15) is 15.0 Å². The van der Waals surface area contributed by atoms with Gasteiger partial charge in [-0.1, -0.05) is 6.07 Å². The maximum atomic E-state index is 14.3. The third-order valence-corrected chi connectivity index (χ3v) is 6.68. The molecule has 40 heavy (non-hydrogen) atoms. The smallest absolute Gasteiger partial charge is 0.407 e. The molecule has 0 bridgehead atoms. The highest BCUT2D eigenvalue weighted by atomic mass is 19.3. The largest absolute Gasteiger partial charge is 0.494 e. The fourth-order valence-electron chi connectivity index (χ4n) is 4.80. The maximum Gasteiger partial charge on any atom is 0.407 e. The van der Waals surface area contributed by atoms with Gasteiger partial charge in [0.05, 0.1) is 25.8 Å². The van der Waals surface area contributed by atoms with Gasteiger partial charge in [0.15, 0.2) is 5.82 Å². The molecule has 2 aromatic heterocycles. The molecule has 0 unspecified atom stereocenters. The second-order valence-electron chi connectivity index (χ2n) is 10.7. The summed E-state index contributed by atoms with van der Waals surface area (Å²) in [6, 6.07) is 4.99. The van der Waals surface area contributed by atoms with E-state index in [9.17, 15) is 13.6 Å². The first-order valence-electron chi connectivity index (χ1n) is 13.3. The number of carbonyl (C=O) groups excluding carboxylic acids is 1. The number of fused-ring (bicyclic) bond motifs is 1. The van der Waals surface area contributed by atoms with Crippen molar-refractivity contribution in [3.8, 4) is 11.7 Å². The zero-order chi connectivity index (χ0) is 28.4. The maximum absolute atomic E-state index is 14.3. The van der Waals surface area contributed by atoms with Crippen molar-refractivity contribution in [2.45, 2.75) is 51.7 Å². The van der Waals surface area contributed by atoms with Crippen molar-refractivity contribution in [3.63, 3.8) is 0 Å². The van der Waals surface area contributed by atoms with E-state index >= 15 is 0 Å². The number of carbonyl (C=O) groups is 1. The van der Waals surface area contributed by atoms with Crippen LogP contribution in [0.1, 0.15) is 45.9 Å². The van der Waals surface area contributed by atoms with E-state index < -0.39 is 23.9 Å². The van der Waals surface area contributed by atoms with Gasteiger partial charge in [0.2, 0.25) is 17.8 Å². The molecule has 2 saturated heterocycles. The van der Waals surface area contributed by atoms with Crippen LogP contribution < -0.4 is 19.9 Å². The average Bonchev–Trinajstić information content (AvgIpc) is 3.33. The van der Waals surface area contributed by atoms with Crippen LogP contribution in [-0.2, 0) is 9.47 Å². The lowest BCUT2D eigenvalue weighted by atomic mass is 10.1. The highest BCUT2D eigenvalue weighted by molar-refractivity contribution is 5.84. The molecule has 5 rings (SSSR count). The molecule has 0 atom stereocenters. The molecular formula is C26H34F2N8O4.